The van der Waals surface area contributed by atoms with Crippen molar-refractivity contribution < 1.29 is 19.1 Å². The van der Waals surface area contributed by atoms with Crippen molar-refractivity contribution in [3.05, 3.63) is 0 Å². The summed E-state index contributed by atoms with van der Waals surface area (Å²) < 4.78 is 11.4. The molecule has 0 saturated heterocycles. The van der Waals surface area contributed by atoms with Gasteiger partial charge in [-0.05, 0) is 108 Å². The Balaban J connectivity index is 1.59. The molecule has 0 aliphatic heterocycles. The standard InChI is InChI=1S/C27H45NO4/c1-17(32-19(3)30)23-9-10-25-22-8-7-20-15-21(28(5)6)11-13-26(20,4)24(22)12-14-27(23,25)16-31-18(2)29/h17,20-25H,7-16H2,1-6H3/t17-,20-,21-,22-,23-,24-,25+,26+,27-/m0/s1. The van der Waals surface area contributed by atoms with Crippen LogP contribution in [0.2, 0.25) is 0 Å². The second kappa shape index (κ2) is 8.92. The largest absolute Gasteiger partial charge is 0.465 e. The van der Waals surface area contributed by atoms with Gasteiger partial charge < -0.3 is 14.4 Å². The number of hydrogen-bond donors (Lipinski definition) is 0. The number of esters is 2. The average molecular weight is 448 g/mol. The predicted molar refractivity (Wildman–Crippen MR) is 125 cm³/mol. The van der Waals surface area contributed by atoms with Crippen LogP contribution < -0.4 is 0 Å². The van der Waals surface area contributed by atoms with E-state index < -0.39 is 0 Å². The Morgan fingerprint density at radius 2 is 1.72 bits per heavy atom. The fourth-order valence-corrected chi connectivity index (χ4v) is 9.12. The van der Waals surface area contributed by atoms with Crippen molar-refractivity contribution >= 4 is 11.9 Å². The van der Waals surface area contributed by atoms with Crippen LogP contribution in [0.1, 0.15) is 85.5 Å². The summed E-state index contributed by atoms with van der Waals surface area (Å²) in [5, 5.41) is 0. The van der Waals surface area contributed by atoms with E-state index in [2.05, 4.69) is 32.8 Å². The Morgan fingerprint density at radius 1 is 0.969 bits per heavy atom. The van der Waals surface area contributed by atoms with Crippen LogP contribution in [0, 0.1) is 40.4 Å². The lowest BCUT2D eigenvalue weighted by Gasteiger charge is -2.62. The summed E-state index contributed by atoms with van der Waals surface area (Å²) in [7, 11) is 4.48. The van der Waals surface area contributed by atoms with Crippen molar-refractivity contribution in [3.63, 3.8) is 0 Å². The van der Waals surface area contributed by atoms with Gasteiger partial charge in [-0.1, -0.05) is 6.92 Å². The minimum atomic E-state index is -0.206. The van der Waals surface area contributed by atoms with E-state index in [1.807, 2.05) is 0 Å². The molecule has 0 N–H and O–H groups in total. The molecule has 0 radical (unpaired) electrons. The van der Waals surface area contributed by atoms with Gasteiger partial charge in [0.25, 0.3) is 0 Å². The third-order valence-electron chi connectivity index (χ3n) is 10.6. The third kappa shape index (κ3) is 4.01. The van der Waals surface area contributed by atoms with Gasteiger partial charge in [-0.25, -0.2) is 0 Å². The number of ether oxygens (including phenoxy) is 2. The number of carbonyl (C=O) groups is 2. The number of hydrogen-bond acceptors (Lipinski definition) is 5. The zero-order valence-corrected chi connectivity index (χ0v) is 21.2. The van der Waals surface area contributed by atoms with Crippen LogP contribution in [-0.4, -0.2) is 49.7 Å². The van der Waals surface area contributed by atoms with Crippen molar-refractivity contribution in [3.8, 4) is 0 Å². The molecule has 4 aliphatic rings. The topological polar surface area (TPSA) is 55.8 Å². The second-order valence-corrected chi connectivity index (χ2v) is 12.1. The molecule has 0 unspecified atom stereocenters. The lowest BCUT2D eigenvalue weighted by Crippen LogP contribution is -2.57. The molecule has 0 aromatic heterocycles. The minimum absolute atomic E-state index is 0.0360. The number of rotatable bonds is 5. The quantitative estimate of drug-likeness (QED) is 0.551. The van der Waals surface area contributed by atoms with E-state index in [9.17, 15) is 9.59 Å². The highest BCUT2D eigenvalue weighted by atomic mass is 16.5. The molecule has 0 spiro atoms. The highest BCUT2D eigenvalue weighted by Crippen LogP contribution is 2.68. The van der Waals surface area contributed by atoms with Gasteiger partial charge in [0.2, 0.25) is 0 Å². The van der Waals surface area contributed by atoms with E-state index in [1.54, 1.807) is 0 Å². The first-order chi connectivity index (χ1) is 15.1. The molecule has 4 rings (SSSR count). The van der Waals surface area contributed by atoms with Gasteiger partial charge in [0.05, 0.1) is 6.61 Å². The van der Waals surface area contributed by atoms with Gasteiger partial charge in [0, 0.05) is 31.2 Å². The van der Waals surface area contributed by atoms with Crippen molar-refractivity contribution in [1.29, 1.82) is 0 Å². The Hall–Kier alpha value is -1.10. The first-order valence-corrected chi connectivity index (χ1v) is 13.1. The van der Waals surface area contributed by atoms with Gasteiger partial charge >= 0.3 is 11.9 Å². The number of carbonyl (C=O) groups excluding carboxylic acids is 2. The molecular formula is C27H45NO4. The minimum Gasteiger partial charge on any atom is -0.465 e. The summed E-state index contributed by atoms with van der Waals surface area (Å²) in [4.78, 5) is 26.0. The van der Waals surface area contributed by atoms with E-state index >= 15 is 0 Å². The lowest BCUT2D eigenvalue weighted by atomic mass is 9.44. The summed E-state index contributed by atoms with van der Waals surface area (Å²) >= 11 is 0. The Morgan fingerprint density at radius 3 is 2.38 bits per heavy atom. The zero-order chi connectivity index (χ0) is 23.3. The van der Waals surface area contributed by atoms with Crippen LogP contribution in [0.5, 0.6) is 0 Å². The van der Waals surface area contributed by atoms with Gasteiger partial charge in [-0.3, -0.25) is 9.59 Å². The maximum atomic E-state index is 11.8. The first-order valence-electron chi connectivity index (χ1n) is 13.1. The Labute approximate surface area is 195 Å². The monoisotopic (exact) mass is 447 g/mol. The van der Waals surface area contributed by atoms with Crippen LogP contribution in [0.3, 0.4) is 0 Å². The normalized spacial score (nSPS) is 44.2. The van der Waals surface area contributed by atoms with E-state index in [1.165, 1.54) is 58.8 Å². The average Bonchev–Trinajstić information content (AvgIpc) is 3.11. The van der Waals surface area contributed by atoms with E-state index in [-0.39, 0.29) is 29.4 Å². The molecule has 5 nitrogen and oxygen atoms in total. The highest BCUT2D eigenvalue weighted by molar-refractivity contribution is 5.66. The fraction of sp³-hybridized carbons (Fsp3) is 0.926. The molecule has 0 aromatic rings. The molecule has 5 heteroatoms. The summed E-state index contributed by atoms with van der Waals surface area (Å²) in [5.74, 6) is 2.79. The molecule has 0 aromatic carbocycles. The fourth-order valence-electron chi connectivity index (χ4n) is 9.12. The predicted octanol–water partition coefficient (Wildman–Crippen LogP) is 5.07. The smallest absolute Gasteiger partial charge is 0.302 e. The van der Waals surface area contributed by atoms with Crippen molar-refractivity contribution in [1.82, 2.24) is 4.90 Å². The molecule has 0 bridgehead atoms. The van der Waals surface area contributed by atoms with Crippen molar-refractivity contribution in [2.45, 2.75) is 97.6 Å². The van der Waals surface area contributed by atoms with Gasteiger partial charge in [-0.2, -0.15) is 0 Å². The molecule has 32 heavy (non-hydrogen) atoms. The summed E-state index contributed by atoms with van der Waals surface area (Å²) in [6, 6.07) is 0.733. The molecule has 4 fully saturated rings. The zero-order valence-electron chi connectivity index (χ0n) is 21.2. The first kappa shape index (κ1) is 24.0. The molecule has 9 atom stereocenters. The number of fused-ring (bicyclic) bond motifs is 5. The van der Waals surface area contributed by atoms with Crippen LogP contribution in [0.15, 0.2) is 0 Å². The Kier molecular flexibility index (Phi) is 6.70. The molecule has 4 saturated carbocycles. The summed E-state index contributed by atoms with van der Waals surface area (Å²) in [6.07, 6.45) is 11.1. The number of nitrogens with zero attached hydrogens (tertiary/aromatic N) is 1. The molecule has 4 aliphatic carbocycles. The maximum Gasteiger partial charge on any atom is 0.302 e. The van der Waals surface area contributed by atoms with Gasteiger partial charge in [-0.15, -0.1) is 0 Å². The van der Waals surface area contributed by atoms with Crippen LogP contribution in [0.4, 0.5) is 0 Å². The second-order valence-electron chi connectivity index (χ2n) is 12.1. The highest BCUT2D eigenvalue weighted by Gasteiger charge is 2.63. The van der Waals surface area contributed by atoms with Crippen LogP contribution in [-0.2, 0) is 19.1 Å². The third-order valence-corrected chi connectivity index (χ3v) is 10.6. The van der Waals surface area contributed by atoms with Gasteiger partial charge in [0.15, 0.2) is 0 Å². The van der Waals surface area contributed by atoms with E-state index in [0.29, 0.717) is 23.9 Å². The maximum absolute atomic E-state index is 11.8. The van der Waals surface area contributed by atoms with E-state index in [4.69, 9.17) is 9.47 Å². The van der Waals surface area contributed by atoms with Gasteiger partial charge in [0.1, 0.15) is 6.10 Å². The molecule has 0 amide bonds. The molecule has 0 heterocycles. The Bertz CT molecular complexity index is 722. The van der Waals surface area contributed by atoms with Crippen molar-refractivity contribution in [2.75, 3.05) is 20.7 Å². The van der Waals surface area contributed by atoms with Crippen LogP contribution in [0.25, 0.3) is 0 Å². The van der Waals surface area contributed by atoms with Crippen molar-refractivity contribution in [2.24, 2.45) is 40.4 Å². The summed E-state index contributed by atoms with van der Waals surface area (Å²) in [6.45, 7) is 8.18. The van der Waals surface area contributed by atoms with Crippen LogP contribution >= 0.6 is 0 Å². The van der Waals surface area contributed by atoms with E-state index in [0.717, 1.165) is 30.7 Å². The summed E-state index contributed by atoms with van der Waals surface area (Å²) in [5.41, 5.74) is 0.411. The lowest BCUT2D eigenvalue weighted by molar-refractivity contribution is -0.172. The molecular weight excluding hydrogens is 402 g/mol. The molecule has 182 valence electrons. The SMILES string of the molecule is CC(=O)OC[C@]12CC[C@H]3[C@H](CC[C@H]4C[C@@H](N(C)C)CC[C@]43C)[C@H]1CC[C@H]2[C@H](C)OC(C)=O.